The van der Waals surface area contributed by atoms with Gasteiger partial charge in [0.25, 0.3) is 0 Å². The van der Waals surface area contributed by atoms with Crippen LogP contribution in [-0.4, -0.2) is 16.9 Å². The fraction of sp³-hybridized carbons (Fsp3) is 0.0909. The Morgan fingerprint density at radius 2 is 1.80 bits per heavy atom. The predicted octanol–water partition coefficient (Wildman–Crippen LogP) is 2.04. The monoisotopic (exact) mass is 208 g/mol. The smallest absolute Gasteiger partial charge is 0.331 e. The van der Waals surface area contributed by atoms with Crippen LogP contribution >= 0.6 is 0 Å². The lowest BCUT2D eigenvalue weighted by Crippen LogP contribution is -2.01. The minimum absolute atomic E-state index is 0.0516. The zero-order valence-electron chi connectivity index (χ0n) is 8.03. The molecule has 0 saturated carbocycles. The van der Waals surface area contributed by atoms with Crippen LogP contribution in [0, 0.1) is 5.82 Å². The summed E-state index contributed by atoms with van der Waals surface area (Å²) in [5.74, 6) is -2.04. The summed E-state index contributed by atoms with van der Waals surface area (Å²) in [6.07, 6.45) is 1.01. The van der Waals surface area contributed by atoms with Crippen LogP contribution in [0.3, 0.4) is 0 Å². The summed E-state index contributed by atoms with van der Waals surface area (Å²) < 4.78 is 12.5. The Kier molecular flexibility index (Phi) is 3.33. The molecular weight excluding hydrogens is 199 g/mol. The highest BCUT2D eigenvalue weighted by Gasteiger charge is 2.06. The summed E-state index contributed by atoms with van der Waals surface area (Å²) in [4.78, 5) is 21.8. The molecule has 0 aromatic heterocycles. The molecule has 0 aliphatic carbocycles. The topological polar surface area (TPSA) is 54.4 Å². The van der Waals surface area contributed by atoms with Crippen molar-refractivity contribution in [1.82, 2.24) is 0 Å². The van der Waals surface area contributed by atoms with Crippen molar-refractivity contribution in [1.29, 1.82) is 0 Å². The number of rotatable bonds is 3. The van der Waals surface area contributed by atoms with Crippen molar-refractivity contribution in [2.24, 2.45) is 0 Å². The molecule has 3 nitrogen and oxygen atoms in total. The first kappa shape index (κ1) is 11.1. The standard InChI is InChI=1S/C11H9FO3/c1-7(11(14)15)6-10(13)8-2-4-9(12)5-3-8/h2-6H,1H3,(H,14,15). The molecule has 0 spiro atoms. The van der Waals surface area contributed by atoms with Gasteiger partial charge in [0.1, 0.15) is 5.82 Å². The Labute approximate surface area is 85.8 Å². The Balaban J connectivity index is 2.91. The maximum atomic E-state index is 12.5. The van der Waals surface area contributed by atoms with Gasteiger partial charge in [-0.2, -0.15) is 0 Å². The Hall–Kier alpha value is -1.97. The van der Waals surface area contributed by atoms with E-state index in [9.17, 15) is 14.0 Å². The number of ketones is 1. The van der Waals surface area contributed by atoms with Gasteiger partial charge in [0.05, 0.1) is 0 Å². The predicted molar refractivity (Wildman–Crippen MR) is 52.1 cm³/mol. The Bertz CT molecular complexity index is 418. The van der Waals surface area contributed by atoms with Gasteiger partial charge in [-0.15, -0.1) is 0 Å². The van der Waals surface area contributed by atoms with E-state index in [0.29, 0.717) is 0 Å². The van der Waals surface area contributed by atoms with Crippen LogP contribution in [0.25, 0.3) is 0 Å². The van der Waals surface area contributed by atoms with Crippen LogP contribution in [0.5, 0.6) is 0 Å². The van der Waals surface area contributed by atoms with Crippen molar-refractivity contribution < 1.29 is 19.1 Å². The van der Waals surface area contributed by atoms with Crippen LogP contribution in [0.4, 0.5) is 4.39 Å². The maximum Gasteiger partial charge on any atom is 0.331 e. The van der Waals surface area contributed by atoms with E-state index in [0.717, 1.165) is 18.2 Å². The molecule has 0 bridgehead atoms. The van der Waals surface area contributed by atoms with Gasteiger partial charge in [-0.25, -0.2) is 9.18 Å². The molecule has 0 aliphatic heterocycles. The van der Waals surface area contributed by atoms with E-state index in [1.807, 2.05) is 0 Å². The number of carboxylic acid groups (broad SMARTS) is 1. The van der Waals surface area contributed by atoms with E-state index in [4.69, 9.17) is 5.11 Å². The molecule has 0 fully saturated rings. The van der Waals surface area contributed by atoms with Crippen LogP contribution in [0.1, 0.15) is 17.3 Å². The van der Waals surface area contributed by atoms with Crippen LogP contribution in [0.2, 0.25) is 0 Å². The van der Waals surface area contributed by atoms with Gasteiger partial charge in [0.2, 0.25) is 0 Å². The van der Waals surface area contributed by atoms with Gasteiger partial charge in [-0.3, -0.25) is 4.79 Å². The van der Waals surface area contributed by atoms with Crippen molar-refractivity contribution in [2.75, 3.05) is 0 Å². The van der Waals surface area contributed by atoms with Crippen molar-refractivity contribution in [3.63, 3.8) is 0 Å². The van der Waals surface area contributed by atoms with Crippen molar-refractivity contribution >= 4 is 11.8 Å². The average molecular weight is 208 g/mol. The molecule has 0 atom stereocenters. The van der Waals surface area contributed by atoms with E-state index >= 15 is 0 Å². The minimum atomic E-state index is -1.15. The average Bonchev–Trinajstić information content (AvgIpc) is 2.18. The van der Waals surface area contributed by atoms with Crippen LogP contribution < -0.4 is 0 Å². The largest absolute Gasteiger partial charge is 0.478 e. The molecule has 1 aromatic rings. The lowest BCUT2D eigenvalue weighted by Gasteiger charge is -1.96. The molecule has 0 radical (unpaired) electrons. The first-order valence-electron chi connectivity index (χ1n) is 4.22. The van der Waals surface area contributed by atoms with E-state index in [1.165, 1.54) is 19.1 Å². The summed E-state index contributed by atoms with van der Waals surface area (Å²) in [5.41, 5.74) is 0.210. The Morgan fingerprint density at radius 1 is 1.27 bits per heavy atom. The number of carboxylic acids is 1. The van der Waals surface area contributed by atoms with Gasteiger partial charge in [0.15, 0.2) is 5.78 Å². The summed E-state index contributed by atoms with van der Waals surface area (Å²) in [7, 11) is 0. The summed E-state index contributed by atoms with van der Waals surface area (Å²) in [5, 5.41) is 8.54. The van der Waals surface area contributed by atoms with Crippen molar-refractivity contribution in [2.45, 2.75) is 6.92 Å². The lowest BCUT2D eigenvalue weighted by molar-refractivity contribution is -0.132. The second-order valence-corrected chi connectivity index (χ2v) is 3.00. The number of aliphatic carboxylic acids is 1. The molecular formula is C11H9FO3. The van der Waals surface area contributed by atoms with Gasteiger partial charge in [-0.1, -0.05) is 0 Å². The normalized spacial score (nSPS) is 11.2. The van der Waals surface area contributed by atoms with E-state index in [-0.39, 0.29) is 11.1 Å². The molecule has 0 heterocycles. The zero-order valence-corrected chi connectivity index (χ0v) is 8.03. The van der Waals surface area contributed by atoms with Gasteiger partial charge in [0, 0.05) is 11.1 Å². The summed E-state index contributed by atoms with van der Waals surface area (Å²) in [6, 6.07) is 4.92. The first-order chi connectivity index (χ1) is 7.00. The SMILES string of the molecule is CC(=CC(=O)c1ccc(F)cc1)C(=O)O. The highest BCUT2D eigenvalue weighted by Crippen LogP contribution is 2.06. The minimum Gasteiger partial charge on any atom is -0.478 e. The number of hydrogen-bond donors (Lipinski definition) is 1. The molecule has 0 unspecified atom stereocenters. The molecule has 1 N–H and O–H groups in total. The maximum absolute atomic E-state index is 12.5. The molecule has 0 saturated heterocycles. The number of halogens is 1. The number of carbonyl (C=O) groups excluding carboxylic acids is 1. The fourth-order valence-corrected chi connectivity index (χ4v) is 0.956. The molecule has 4 heteroatoms. The molecule has 1 rings (SSSR count). The molecule has 0 aliphatic rings. The third kappa shape index (κ3) is 3.02. The van der Waals surface area contributed by atoms with Gasteiger partial charge >= 0.3 is 5.97 Å². The molecule has 78 valence electrons. The van der Waals surface area contributed by atoms with E-state index in [1.54, 1.807) is 0 Å². The zero-order chi connectivity index (χ0) is 11.4. The second-order valence-electron chi connectivity index (χ2n) is 3.00. The molecule has 15 heavy (non-hydrogen) atoms. The van der Waals surface area contributed by atoms with Crippen molar-refractivity contribution in [3.8, 4) is 0 Å². The van der Waals surface area contributed by atoms with Crippen molar-refractivity contribution in [3.05, 3.63) is 47.3 Å². The highest BCUT2D eigenvalue weighted by atomic mass is 19.1. The van der Waals surface area contributed by atoms with Crippen LogP contribution in [-0.2, 0) is 4.79 Å². The molecule has 1 aromatic carbocycles. The lowest BCUT2D eigenvalue weighted by atomic mass is 10.1. The molecule has 0 amide bonds. The van der Waals surface area contributed by atoms with E-state index < -0.39 is 17.6 Å². The second kappa shape index (κ2) is 4.50. The Morgan fingerprint density at radius 3 is 2.27 bits per heavy atom. The number of carbonyl (C=O) groups is 2. The fourth-order valence-electron chi connectivity index (χ4n) is 0.956. The van der Waals surface area contributed by atoms with Crippen LogP contribution in [0.15, 0.2) is 35.9 Å². The number of allylic oxidation sites excluding steroid dienone is 1. The first-order valence-corrected chi connectivity index (χ1v) is 4.22. The van der Waals surface area contributed by atoms with E-state index in [2.05, 4.69) is 0 Å². The summed E-state index contributed by atoms with van der Waals surface area (Å²) in [6.45, 7) is 1.32. The number of benzene rings is 1. The highest BCUT2D eigenvalue weighted by molar-refractivity contribution is 6.08. The summed E-state index contributed by atoms with van der Waals surface area (Å²) >= 11 is 0. The number of hydrogen-bond acceptors (Lipinski definition) is 2. The third-order valence-corrected chi connectivity index (χ3v) is 1.81. The third-order valence-electron chi connectivity index (χ3n) is 1.81. The van der Waals surface area contributed by atoms with Gasteiger partial charge in [-0.05, 0) is 37.3 Å². The van der Waals surface area contributed by atoms with Gasteiger partial charge < -0.3 is 5.11 Å². The quantitative estimate of drug-likeness (QED) is 0.610.